The van der Waals surface area contributed by atoms with Crippen LogP contribution in [-0.4, -0.2) is 49.9 Å². The summed E-state index contributed by atoms with van der Waals surface area (Å²) in [6.07, 6.45) is 11.7. The van der Waals surface area contributed by atoms with Gasteiger partial charge < -0.3 is 15.0 Å². The Balaban J connectivity index is 0.000000153. The maximum atomic E-state index is 5.13. The van der Waals surface area contributed by atoms with E-state index in [4.69, 9.17) is 4.74 Å². The standard InChI is InChI=1S/C14H17N5.C8H15NO/c1-2-9-4-3-5-10(9)14-18-17-12-8-16-13-11(19(12)14)6-7-15-13;1-8(5-10-6-8)9-4-7-2-3-7/h6-10,15H,2-5H2,1H3;7,9H,2-6H2,1H3. The van der Waals surface area contributed by atoms with Crippen LogP contribution >= 0.6 is 0 Å². The van der Waals surface area contributed by atoms with Crippen molar-refractivity contribution in [2.75, 3.05) is 19.8 Å². The lowest BCUT2D eigenvalue weighted by molar-refractivity contribution is -0.0642. The van der Waals surface area contributed by atoms with E-state index in [9.17, 15) is 0 Å². The average molecular weight is 397 g/mol. The second kappa shape index (κ2) is 7.69. The van der Waals surface area contributed by atoms with Gasteiger partial charge in [-0.05, 0) is 57.1 Å². The summed E-state index contributed by atoms with van der Waals surface area (Å²) in [5.74, 6) is 3.39. The summed E-state index contributed by atoms with van der Waals surface area (Å²) in [4.78, 5) is 7.53. The van der Waals surface area contributed by atoms with Crippen molar-refractivity contribution in [3.8, 4) is 0 Å². The van der Waals surface area contributed by atoms with E-state index in [2.05, 4.69) is 49.8 Å². The summed E-state index contributed by atoms with van der Waals surface area (Å²) in [6.45, 7) is 7.53. The van der Waals surface area contributed by atoms with Crippen LogP contribution in [0, 0.1) is 11.8 Å². The van der Waals surface area contributed by atoms with Crippen LogP contribution in [0.5, 0.6) is 0 Å². The Bertz CT molecular complexity index is 970. The van der Waals surface area contributed by atoms with E-state index in [-0.39, 0.29) is 0 Å². The van der Waals surface area contributed by atoms with Gasteiger partial charge in [-0.15, -0.1) is 10.2 Å². The molecule has 1 saturated heterocycles. The summed E-state index contributed by atoms with van der Waals surface area (Å²) in [7, 11) is 0. The molecule has 3 aliphatic rings. The quantitative estimate of drug-likeness (QED) is 0.688. The first-order chi connectivity index (χ1) is 14.2. The number of fused-ring (bicyclic) bond motifs is 3. The predicted octanol–water partition coefficient (Wildman–Crippen LogP) is 3.67. The highest BCUT2D eigenvalue weighted by Gasteiger charge is 2.34. The smallest absolute Gasteiger partial charge is 0.179 e. The lowest BCUT2D eigenvalue weighted by Crippen LogP contribution is -2.58. The summed E-state index contributed by atoms with van der Waals surface area (Å²) in [5.41, 5.74) is 3.16. The zero-order valence-corrected chi connectivity index (χ0v) is 17.5. The van der Waals surface area contributed by atoms with Gasteiger partial charge in [0.15, 0.2) is 11.3 Å². The van der Waals surface area contributed by atoms with E-state index in [0.29, 0.717) is 11.5 Å². The Labute approximate surface area is 171 Å². The number of hydrogen-bond acceptors (Lipinski definition) is 5. The number of H-pyrrole nitrogens is 1. The van der Waals surface area contributed by atoms with Crippen molar-refractivity contribution < 1.29 is 4.74 Å². The van der Waals surface area contributed by atoms with Gasteiger partial charge in [0, 0.05) is 12.1 Å². The van der Waals surface area contributed by atoms with Gasteiger partial charge in [-0.1, -0.05) is 19.8 Å². The molecule has 0 aromatic carbocycles. The molecule has 0 bridgehead atoms. The molecule has 3 aromatic rings. The van der Waals surface area contributed by atoms with E-state index >= 15 is 0 Å². The van der Waals surface area contributed by atoms with Crippen molar-refractivity contribution in [3.63, 3.8) is 0 Å². The van der Waals surface area contributed by atoms with Gasteiger partial charge in [0.05, 0.1) is 30.5 Å². The molecule has 0 spiro atoms. The highest BCUT2D eigenvalue weighted by atomic mass is 16.5. The molecule has 2 N–H and O–H groups in total. The second-order valence-corrected chi connectivity index (χ2v) is 9.30. The number of ether oxygens (including phenoxy) is 1. The van der Waals surface area contributed by atoms with Crippen molar-refractivity contribution in [1.82, 2.24) is 29.9 Å². The van der Waals surface area contributed by atoms with Gasteiger partial charge in [-0.3, -0.25) is 4.40 Å². The van der Waals surface area contributed by atoms with E-state index in [1.54, 1.807) is 6.20 Å². The van der Waals surface area contributed by atoms with Gasteiger partial charge in [-0.25, -0.2) is 4.98 Å². The fraction of sp³-hybridized carbons (Fsp3) is 0.682. The van der Waals surface area contributed by atoms with Crippen LogP contribution in [0.2, 0.25) is 0 Å². The van der Waals surface area contributed by atoms with Crippen LogP contribution in [0.3, 0.4) is 0 Å². The maximum absolute atomic E-state index is 5.13. The first kappa shape index (κ1) is 19.0. The molecule has 7 nitrogen and oxygen atoms in total. The molecule has 4 heterocycles. The molecular formula is C22H32N6O. The molecule has 2 unspecified atom stereocenters. The fourth-order valence-electron chi connectivity index (χ4n) is 4.73. The third-order valence-corrected chi connectivity index (χ3v) is 6.84. The van der Waals surface area contributed by atoms with Crippen LogP contribution < -0.4 is 5.32 Å². The number of rotatable bonds is 5. The fourth-order valence-corrected chi connectivity index (χ4v) is 4.73. The summed E-state index contributed by atoms with van der Waals surface area (Å²) in [5, 5.41) is 12.3. The van der Waals surface area contributed by atoms with Crippen molar-refractivity contribution in [2.45, 2.75) is 63.8 Å². The molecule has 1 aliphatic heterocycles. The Morgan fingerprint density at radius 3 is 2.83 bits per heavy atom. The summed E-state index contributed by atoms with van der Waals surface area (Å²) < 4.78 is 7.31. The van der Waals surface area contributed by atoms with Gasteiger partial charge in [-0.2, -0.15) is 0 Å². The number of nitrogens with zero attached hydrogens (tertiary/aromatic N) is 4. The van der Waals surface area contributed by atoms with Crippen LogP contribution in [-0.2, 0) is 4.74 Å². The normalized spacial score (nSPS) is 25.7. The third-order valence-electron chi connectivity index (χ3n) is 6.84. The minimum atomic E-state index is 0.322. The van der Waals surface area contributed by atoms with Gasteiger partial charge in [0.2, 0.25) is 0 Å². The van der Waals surface area contributed by atoms with Gasteiger partial charge >= 0.3 is 0 Å². The SMILES string of the molecule is CC1(NCC2CC2)COC1.CCC1CCCC1c1nnc2cnc3[nH]ccc3n12. The number of aromatic amines is 1. The molecule has 29 heavy (non-hydrogen) atoms. The highest BCUT2D eigenvalue weighted by Crippen LogP contribution is 2.41. The van der Waals surface area contributed by atoms with E-state index in [1.165, 1.54) is 45.1 Å². The lowest BCUT2D eigenvalue weighted by atomic mass is 9.93. The maximum Gasteiger partial charge on any atom is 0.179 e. The van der Waals surface area contributed by atoms with Crippen LogP contribution in [0.15, 0.2) is 18.5 Å². The minimum Gasteiger partial charge on any atom is -0.377 e. The molecule has 0 radical (unpaired) electrons. The Hall–Kier alpha value is -1.99. The molecular weight excluding hydrogens is 364 g/mol. The number of nitrogens with one attached hydrogen (secondary N) is 2. The van der Waals surface area contributed by atoms with Crippen LogP contribution in [0.25, 0.3) is 16.8 Å². The molecule has 0 amide bonds. The van der Waals surface area contributed by atoms with Crippen molar-refractivity contribution in [1.29, 1.82) is 0 Å². The van der Waals surface area contributed by atoms with E-state index in [1.807, 2.05) is 6.20 Å². The monoisotopic (exact) mass is 396 g/mol. The third kappa shape index (κ3) is 3.78. The van der Waals surface area contributed by atoms with Crippen LogP contribution in [0.4, 0.5) is 0 Å². The molecule has 156 valence electrons. The molecule has 6 rings (SSSR count). The van der Waals surface area contributed by atoms with Gasteiger partial charge in [0.25, 0.3) is 0 Å². The molecule has 2 saturated carbocycles. The molecule has 3 fully saturated rings. The van der Waals surface area contributed by atoms with Crippen LogP contribution in [0.1, 0.15) is 64.1 Å². The largest absolute Gasteiger partial charge is 0.377 e. The minimum absolute atomic E-state index is 0.322. The van der Waals surface area contributed by atoms with Gasteiger partial charge in [0.1, 0.15) is 5.82 Å². The molecule has 2 aliphatic carbocycles. The first-order valence-electron chi connectivity index (χ1n) is 11.2. The molecule has 2 atom stereocenters. The van der Waals surface area contributed by atoms with Crippen molar-refractivity contribution >= 4 is 16.8 Å². The predicted molar refractivity (Wildman–Crippen MR) is 113 cm³/mol. The molecule has 3 aromatic heterocycles. The van der Waals surface area contributed by atoms with Crippen molar-refractivity contribution in [3.05, 3.63) is 24.3 Å². The second-order valence-electron chi connectivity index (χ2n) is 9.30. The topological polar surface area (TPSA) is 80.1 Å². The summed E-state index contributed by atoms with van der Waals surface area (Å²) >= 11 is 0. The average Bonchev–Trinajstić information content (AvgIpc) is 3.11. The van der Waals surface area contributed by atoms with E-state index < -0.39 is 0 Å². The number of hydrogen-bond donors (Lipinski definition) is 2. The first-order valence-corrected chi connectivity index (χ1v) is 11.2. The van der Waals surface area contributed by atoms with Crippen molar-refractivity contribution in [2.24, 2.45) is 11.8 Å². The zero-order chi connectivity index (χ0) is 19.8. The Morgan fingerprint density at radius 1 is 1.24 bits per heavy atom. The van der Waals surface area contributed by atoms with E-state index in [0.717, 1.165) is 47.7 Å². The Kier molecular flexibility index (Phi) is 5.04. The highest BCUT2D eigenvalue weighted by molar-refractivity contribution is 5.74. The molecule has 7 heteroatoms. The summed E-state index contributed by atoms with van der Waals surface area (Å²) in [6, 6.07) is 2.05. The lowest BCUT2D eigenvalue weighted by Gasteiger charge is -2.39. The number of aromatic nitrogens is 5. The Morgan fingerprint density at radius 2 is 2.10 bits per heavy atom. The zero-order valence-electron chi connectivity index (χ0n) is 17.5.